The number of fused-ring (bicyclic) bond motifs is 3. The maximum absolute atomic E-state index is 12.4. The second kappa shape index (κ2) is 4.92. The fraction of sp³-hybridized carbons (Fsp3) is 0.200. The van der Waals surface area contributed by atoms with E-state index < -0.39 is 5.97 Å². The average Bonchev–Trinajstić information content (AvgIpc) is 2.78. The van der Waals surface area contributed by atoms with Crippen LogP contribution in [-0.2, 0) is 6.54 Å². The first-order valence-corrected chi connectivity index (χ1v) is 6.38. The molecule has 4 nitrogen and oxygen atoms in total. The number of nitrogens with zero attached hydrogens (tertiary/aromatic N) is 2. The minimum Gasteiger partial charge on any atom is -0.478 e. The first kappa shape index (κ1) is 12.6. The van der Waals surface area contributed by atoms with Crippen LogP contribution in [-0.4, -0.2) is 27.3 Å². The van der Waals surface area contributed by atoms with Crippen molar-refractivity contribution in [3.8, 4) is 0 Å². The lowest BCUT2D eigenvalue weighted by molar-refractivity contribution is 0.0696. The fourth-order valence-corrected chi connectivity index (χ4v) is 2.48. The molecular weight excluding hydrogens is 259 g/mol. The normalized spacial score (nSPS) is 11.2. The van der Waals surface area contributed by atoms with Gasteiger partial charge in [-0.1, -0.05) is 18.2 Å². The van der Waals surface area contributed by atoms with Gasteiger partial charge < -0.3 is 9.67 Å². The van der Waals surface area contributed by atoms with Gasteiger partial charge in [-0.3, -0.25) is 4.39 Å². The standard InChI is InChI=1S/C15H13FN2O2/c16-6-3-7-18-13-5-2-1-4-11(13)12-8-10(15(19)20)9-17-14(12)18/h1-2,4-5,8-9H,3,6-7H2,(H,19,20). The quantitative estimate of drug-likeness (QED) is 0.793. The minimum absolute atomic E-state index is 0.158. The molecule has 2 heterocycles. The van der Waals surface area contributed by atoms with E-state index in [4.69, 9.17) is 5.11 Å². The van der Waals surface area contributed by atoms with Gasteiger partial charge in [0.05, 0.1) is 17.8 Å². The Labute approximate surface area is 114 Å². The number of para-hydroxylation sites is 1. The summed E-state index contributed by atoms with van der Waals surface area (Å²) in [5, 5.41) is 10.8. The van der Waals surface area contributed by atoms with Crippen LogP contribution < -0.4 is 0 Å². The van der Waals surface area contributed by atoms with Crippen LogP contribution >= 0.6 is 0 Å². The molecule has 0 bridgehead atoms. The summed E-state index contributed by atoms with van der Waals surface area (Å²) in [6, 6.07) is 9.30. The van der Waals surface area contributed by atoms with E-state index in [2.05, 4.69) is 4.98 Å². The molecule has 0 fully saturated rings. The molecule has 0 aliphatic rings. The molecule has 1 aromatic carbocycles. The van der Waals surface area contributed by atoms with Crippen molar-refractivity contribution < 1.29 is 14.3 Å². The zero-order chi connectivity index (χ0) is 14.1. The van der Waals surface area contributed by atoms with E-state index in [1.807, 2.05) is 28.8 Å². The van der Waals surface area contributed by atoms with Crippen molar-refractivity contribution in [3.63, 3.8) is 0 Å². The van der Waals surface area contributed by atoms with Gasteiger partial charge in [-0.2, -0.15) is 0 Å². The second-order valence-electron chi connectivity index (χ2n) is 4.61. The van der Waals surface area contributed by atoms with E-state index in [-0.39, 0.29) is 12.2 Å². The topological polar surface area (TPSA) is 55.1 Å². The van der Waals surface area contributed by atoms with E-state index >= 15 is 0 Å². The predicted octanol–water partition coefficient (Wildman–Crippen LogP) is 3.25. The number of aryl methyl sites for hydroxylation is 1. The summed E-state index contributed by atoms with van der Waals surface area (Å²) in [6.07, 6.45) is 1.76. The first-order chi connectivity index (χ1) is 9.72. The lowest BCUT2D eigenvalue weighted by Crippen LogP contribution is -2.01. The zero-order valence-electron chi connectivity index (χ0n) is 10.7. The Bertz CT molecular complexity index is 795. The molecule has 3 rings (SSSR count). The number of carboxylic acid groups (broad SMARTS) is 1. The molecule has 3 aromatic rings. The number of benzene rings is 1. The number of pyridine rings is 1. The van der Waals surface area contributed by atoms with Crippen LogP contribution in [0.3, 0.4) is 0 Å². The van der Waals surface area contributed by atoms with Gasteiger partial charge in [-0.05, 0) is 18.6 Å². The van der Waals surface area contributed by atoms with Gasteiger partial charge in [0, 0.05) is 23.5 Å². The molecule has 0 atom stereocenters. The second-order valence-corrected chi connectivity index (χ2v) is 4.61. The number of hydrogen-bond donors (Lipinski definition) is 1. The van der Waals surface area contributed by atoms with Crippen LogP contribution in [0.15, 0.2) is 36.5 Å². The fourth-order valence-electron chi connectivity index (χ4n) is 2.48. The van der Waals surface area contributed by atoms with E-state index in [0.717, 1.165) is 16.3 Å². The number of alkyl halides is 1. The summed E-state index contributed by atoms with van der Waals surface area (Å²) in [6.45, 7) is 0.140. The molecule has 0 saturated heterocycles. The Morgan fingerprint density at radius 3 is 2.85 bits per heavy atom. The van der Waals surface area contributed by atoms with E-state index in [1.165, 1.54) is 6.20 Å². The van der Waals surface area contributed by atoms with Crippen molar-refractivity contribution in [3.05, 3.63) is 42.1 Å². The summed E-state index contributed by atoms with van der Waals surface area (Å²) in [5.74, 6) is -1.00. The maximum atomic E-state index is 12.4. The molecule has 0 amide bonds. The van der Waals surface area contributed by atoms with E-state index in [0.29, 0.717) is 18.6 Å². The molecule has 20 heavy (non-hydrogen) atoms. The summed E-state index contributed by atoms with van der Waals surface area (Å²) >= 11 is 0. The highest BCUT2D eigenvalue weighted by molar-refractivity contribution is 6.08. The zero-order valence-corrected chi connectivity index (χ0v) is 10.7. The molecule has 0 unspecified atom stereocenters. The van der Waals surface area contributed by atoms with Gasteiger partial charge in [-0.15, -0.1) is 0 Å². The van der Waals surface area contributed by atoms with Crippen molar-refractivity contribution >= 4 is 27.9 Å². The Hall–Kier alpha value is -2.43. The number of aromatic nitrogens is 2. The van der Waals surface area contributed by atoms with Gasteiger partial charge in [-0.25, -0.2) is 9.78 Å². The third-order valence-corrected chi connectivity index (χ3v) is 3.37. The number of carboxylic acids is 1. The van der Waals surface area contributed by atoms with Crippen LogP contribution in [0.5, 0.6) is 0 Å². The third-order valence-electron chi connectivity index (χ3n) is 3.37. The van der Waals surface area contributed by atoms with E-state index in [9.17, 15) is 9.18 Å². The monoisotopic (exact) mass is 272 g/mol. The molecule has 0 spiro atoms. The lowest BCUT2D eigenvalue weighted by Gasteiger charge is -2.04. The molecule has 1 N–H and O–H groups in total. The van der Waals surface area contributed by atoms with Gasteiger partial charge in [0.2, 0.25) is 0 Å². The lowest BCUT2D eigenvalue weighted by atomic mass is 10.1. The highest BCUT2D eigenvalue weighted by Crippen LogP contribution is 2.28. The molecule has 5 heteroatoms. The molecule has 0 saturated carbocycles. The minimum atomic E-state index is -1.00. The smallest absolute Gasteiger partial charge is 0.337 e. The SMILES string of the molecule is O=C(O)c1cnc2c(c1)c1ccccc1n2CCCF. The van der Waals surface area contributed by atoms with E-state index in [1.54, 1.807) is 6.07 Å². The van der Waals surface area contributed by atoms with Crippen LogP contribution in [0.1, 0.15) is 16.8 Å². The van der Waals surface area contributed by atoms with Gasteiger partial charge in [0.15, 0.2) is 0 Å². The summed E-state index contributed by atoms with van der Waals surface area (Å²) < 4.78 is 14.4. The summed E-state index contributed by atoms with van der Waals surface area (Å²) in [5.41, 5.74) is 1.81. The maximum Gasteiger partial charge on any atom is 0.337 e. The Kier molecular flexibility index (Phi) is 3.10. The molecule has 102 valence electrons. The Balaban J connectivity index is 2.32. The number of carbonyl (C=O) groups is 1. The van der Waals surface area contributed by atoms with Crippen molar-refractivity contribution in [1.29, 1.82) is 0 Å². The molecule has 0 radical (unpaired) electrons. The van der Waals surface area contributed by atoms with Gasteiger partial charge >= 0.3 is 5.97 Å². The highest BCUT2D eigenvalue weighted by atomic mass is 19.1. The highest BCUT2D eigenvalue weighted by Gasteiger charge is 2.13. The van der Waals surface area contributed by atoms with Gasteiger partial charge in [0.25, 0.3) is 0 Å². The van der Waals surface area contributed by atoms with Gasteiger partial charge in [0.1, 0.15) is 5.65 Å². The van der Waals surface area contributed by atoms with Crippen LogP contribution in [0.4, 0.5) is 4.39 Å². The van der Waals surface area contributed by atoms with Crippen molar-refractivity contribution in [2.75, 3.05) is 6.67 Å². The number of aromatic carboxylic acids is 1. The largest absolute Gasteiger partial charge is 0.478 e. The van der Waals surface area contributed by atoms with Crippen LogP contribution in [0, 0.1) is 0 Å². The van der Waals surface area contributed by atoms with Crippen molar-refractivity contribution in [2.24, 2.45) is 0 Å². The summed E-state index contributed by atoms with van der Waals surface area (Å²) in [7, 11) is 0. The van der Waals surface area contributed by atoms with Crippen LogP contribution in [0.2, 0.25) is 0 Å². The van der Waals surface area contributed by atoms with Crippen molar-refractivity contribution in [1.82, 2.24) is 9.55 Å². The van der Waals surface area contributed by atoms with Crippen LogP contribution in [0.25, 0.3) is 21.9 Å². The third kappa shape index (κ3) is 1.91. The number of halogens is 1. The van der Waals surface area contributed by atoms with Crippen molar-refractivity contribution in [2.45, 2.75) is 13.0 Å². The Morgan fingerprint density at radius 2 is 2.10 bits per heavy atom. The number of rotatable bonds is 4. The first-order valence-electron chi connectivity index (χ1n) is 6.38. The molecule has 2 aromatic heterocycles. The summed E-state index contributed by atoms with van der Waals surface area (Å²) in [4.78, 5) is 15.3. The average molecular weight is 272 g/mol. The molecule has 0 aliphatic heterocycles. The predicted molar refractivity (Wildman–Crippen MR) is 74.8 cm³/mol. The number of hydrogen-bond acceptors (Lipinski definition) is 2. The Morgan fingerprint density at radius 1 is 1.30 bits per heavy atom. The molecule has 0 aliphatic carbocycles. The molecular formula is C15H13FN2O2.